The van der Waals surface area contributed by atoms with Crippen LogP contribution in [0.1, 0.15) is 28.2 Å². The fourth-order valence-electron chi connectivity index (χ4n) is 3.38. The van der Waals surface area contributed by atoms with Crippen LogP contribution in [0.3, 0.4) is 0 Å². The number of piperidine rings is 1. The molecule has 0 saturated carbocycles. The van der Waals surface area contributed by atoms with Gasteiger partial charge >= 0.3 is 0 Å². The van der Waals surface area contributed by atoms with Gasteiger partial charge in [0.2, 0.25) is 5.91 Å². The van der Waals surface area contributed by atoms with Crippen molar-refractivity contribution in [3.8, 4) is 0 Å². The Bertz CT molecular complexity index is 832. The number of rotatable bonds is 6. The van der Waals surface area contributed by atoms with Crippen molar-refractivity contribution < 1.29 is 4.79 Å². The summed E-state index contributed by atoms with van der Waals surface area (Å²) in [4.78, 5) is 25.1. The van der Waals surface area contributed by atoms with Gasteiger partial charge in [-0.25, -0.2) is 4.98 Å². The maximum absolute atomic E-state index is 11.4. The molecular formula is C20H29IN6OS. The molecule has 0 aliphatic carbocycles. The Morgan fingerprint density at radius 3 is 2.62 bits per heavy atom. The van der Waals surface area contributed by atoms with Crippen LogP contribution >= 0.6 is 35.3 Å². The lowest BCUT2D eigenvalue weighted by Gasteiger charge is -2.32. The molecule has 1 amide bonds. The van der Waals surface area contributed by atoms with Gasteiger partial charge in [-0.3, -0.25) is 9.79 Å². The lowest BCUT2D eigenvalue weighted by molar-refractivity contribution is -0.122. The third kappa shape index (κ3) is 6.56. The molecule has 0 spiro atoms. The van der Waals surface area contributed by atoms with Crippen LogP contribution in [0.25, 0.3) is 0 Å². The molecule has 1 aliphatic heterocycles. The molecular weight excluding hydrogens is 499 g/mol. The van der Waals surface area contributed by atoms with Crippen molar-refractivity contribution in [1.82, 2.24) is 15.6 Å². The lowest BCUT2D eigenvalue weighted by atomic mass is 9.96. The van der Waals surface area contributed by atoms with Crippen molar-refractivity contribution in [2.24, 2.45) is 16.6 Å². The van der Waals surface area contributed by atoms with Crippen LogP contribution in [-0.4, -0.2) is 37.0 Å². The van der Waals surface area contributed by atoms with Crippen LogP contribution < -0.4 is 21.3 Å². The Kier molecular flexibility index (Phi) is 9.15. The van der Waals surface area contributed by atoms with E-state index in [1.807, 2.05) is 12.3 Å². The van der Waals surface area contributed by atoms with Crippen LogP contribution in [0.5, 0.6) is 0 Å². The highest BCUT2D eigenvalue weighted by Crippen LogP contribution is 2.24. The SMILES string of the molecule is CN=C(NCc1ccc(C)s1)NCc1cccnc1N1CCC(C(N)=O)CC1.I. The van der Waals surface area contributed by atoms with E-state index in [4.69, 9.17) is 5.73 Å². The molecule has 29 heavy (non-hydrogen) atoms. The van der Waals surface area contributed by atoms with Gasteiger partial charge in [-0.15, -0.1) is 35.3 Å². The van der Waals surface area contributed by atoms with Gasteiger partial charge in [-0.05, 0) is 38.0 Å². The number of aromatic nitrogens is 1. The number of aliphatic imine (C=N–C) groups is 1. The summed E-state index contributed by atoms with van der Waals surface area (Å²) in [6, 6.07) is 8.28. The highest BCUT2D eigenvalue weighted by atomic mass is 127. The second-order valence-corrected chi connectivity index (χ2v) is 8.31. The molecule has 0 aromatic carbocycles. The molecule has 1 saturated heterocycles. The maximum Gasteiger partial charge on any atom is 0.220 e. The number of hydrogen-bond donors (Lipinski definition) is 3. The molecule has 1 aliphatic rings. The predicted octanol–water partition coefficient (Wildman–Crippen LogP) is 2.64. The standard InChI is InChI=1S/C20H28N6OS.HI/c1-14-5-6-17(28-14)13-25-20(22-2)24-12-16-4-3-9-23-19(16)26-10-7-15(8-11-26)18(21)27;/h3-6,9,15H,7-8,10-13H2,1-2H3,(H2,21,27)(H2,22,24,25);1H. The quantitative estimate of drug-likeness (QED) is 0.305. The number of carbonyl (C=O) groups excluding carboxylic acids is 1. The molecule has 3 rings (SSSR count). The lowest BCUT2D eigenvalue weighted by Crippen LogP contribution is -2.40. The Morgan fingerprint density at radius 2 is 2.00 bits per heavy atom. The molecule has 1 fully saturated rings. The fourth-order valence-corrected chi connectivity index (χ4v) is 4.21. The predicted molar refractivity (Wildman–Crippen MR) is 130 cm³/mol. The number of amides is 1. The minimum atomic E-state index is -0.196. The number of nitrogens with zero attached hydrogens (tertiary/aromatic N) is 3. The number of aryl methyl sites for hydroxylation is 1. The van der Waals surface area contributed by atoms with Crippen molar-refractivity contribution >= 4 is 53.0 Å². The number of pyridine rings is 1. The average Bonchev–Trinajstić information content (AvgIpc) is 3.13. The van der Waals surface area contributed by atoms with Crippen molar-refractivity contribution in [3.05, 3.63) is 45.8 Å². The van der Waals surface area contributed by atoms with Gasteiger partial charge in [0.25, 0.3) is 0 Å². The number of guanidine groups is 1. The monoisotopic (exact) mass is 528 g/mol. The molecule has 2 aromatic heterocycles. The first-order chi connectivity index (χ1) is 13.6. The maximum atomic E-state index is 11.4. The highest BCUT2D eigenvalue weighted by molar-refractivity contribution is 14.0. The highest BCUT2D eigenvalue weighted by Gasteiger charge is 2.24. The van der Waals surface area contributed by atoms with Gasteiger partial charge in [-0.1, -0.05) is 6.07 Å². The summed E-state index contributed by atoms with van der Waals surface area (Å²) in [5, 5.41) is 6.72. The van der Waals surface area contributed by atoms with E-state index in [9.17, 15) is 4.79 Å². The van der Waals surface area contributed by atoms with Gasteiger partial charge in [0.15, 0.2) is 5.96 Å². The number of primary amides is 1. The largest absolute Gasteiger partial charge is 0.369 e. The number of anilines is 1. The van der Waals surface area contributed by atoms with E-state index in [0.29, 0.717) is 6.54 Å². The second kappa shape index (κ2) is 11.3. The first kappa shape index (κ1) is 23.4. The van der Waals surface area contributed by atoms with E-state index in [2.05, 4.69) is 50.6 Å². The smallest absolute Gasteiger partial charge is 0.220 e. The summed E-state index contributed by atoms with van der Waals surface area (Å²) in [5.41, 5.74) is 6.55. The zero-order valence-corrected chi connectivity index (χ0v) is 20.0. The zero-order chi connectivity index (χ0) is 19.9. The Labute approximate surface area is 193 Å². The van der Waals surface area contributed by atoms with E-state index >= 15 is 0 Å². The number of nitrogens with one attached hydrogen (secondary N) is 2. The van der Waals surface area contributed by atoms with Gasteiger partial charge in [0, 0.05) is 54.1 Å². The van der Waals surface area contributed by atoms with E-state index in [0.717, 1.165) is 49.8 Å². The summed E-state index contributed by atoms with van der Waals surface area (Å²) < 4.78 is 0. The third-order valence-corrected chi connectivity index (χ3v) is 5.96. The second-order valence-electron chi connectivity index (χ2n) is 6.94. The first-order valence-electron chi connectivity index (χ1n) is 9.55. The van der Waals surface area contributed by atoms with Gasteiger partial charge < -0.3 is 21.3 Å². The fraction of sp³-hybridized carbons (Fsp3) is 0.450. The molecule has 3 heterocycles. The number of carbonyl (C=O) groups is 1. The number of halogens is 1. The number of nitrogens with two attached hydrogens (primary N) is 1. The van der Waals surface area contributed by atoms with Crippen molar-refractivity contribution in [1.29, 1.82) is 0 Å². The van der Waals surface area contributed by atoms with E-state index in [-0.39, 0.29) is 35.8 Å². The summed E-state index contributed by atoms with van der Waals surface area (Å²) >= 11 is 1.78. The number of hydrogen-bond acceptors (Lipinski definition) is 5. The molecule has 0 unspecified atom stereocenters. The van der Waals surface area contributed by atoms with Crippen molar-refractivity contribution in [2.75, 3.05) is 25.0 Å². The normalized spacial score (nSPS) is 15.0. The van der Waals surface area contributed by atoms with Gasteiger partial charge in [0.1, 0.15) is 5.82 Å². The Balaban J connectivity index is 0.00000300. The molecule has 0 atom stereocenters. The Hall–Kier alpha value is -1.88. The molecule has 2 aromatic rings. The van der Waals surface area contributed by atoms with Crippen LogP contribution in [0.15, 0.2) is 35.5 Å². The summed E-state index contributed by atoms with van der Waals surface area (Å²) in [7, 11) is 1.77. The van der Waals surface area contributed by atoms with E-state index in [1.165, 1.54) is 9.75 Å². The topological polar surface area (TPSA) is 95.6 Å². The zero-order valence-electron chi connectivity index (χ0n) is 16.9. The molecule has 0 radical (unpaired) electrons. The van der Waals surface area contributed by atoms with Crippen LogP contribution in [0, 0.1) is 12.8 Å². The van der Waals surface area contributed by atoms with E-state index < -0.39 is 0 Å². The molecule has 9 heteroatoms. The van der Waals surface area contributed by atoms with Crippen LogP contribution in [-0.2, 0) is 17.9 Å². The van der Waals surface area contributed by atoms with Crippen molar-refractivity contribution in [2.45, 2.75) is 32.9 Å². The van der Waals surface area contributed by atoms with Crippen molar-refractivity contribution in [3.63, 3.8) is 0 Å². The molecule has 158 valence electrons. The van der Waals surface area contributed by atoms with E-state index in [1.54, 1.807) is 18.4 Å². The summed E-state index contributed by atoms with van der Waals surface area (Å²) in [6.07, 6.45) is 3.37. The van der Waals surface area contributed by atoms with Gasteiger partial charge in [-0.2, -0.15) is 0 Å². The summed E-state index contributed by atoms with van der Waals surface area (Å²) in [6.45, 7) is 5.07. The summed E-state index contributed by atoms with van der Waals surface area (Å²) in [5.74, 6) is 1.50. The van der Waals surface area contributed by atoms with Gasteiger partial charge in [0.05, 0.1) is 6.54 Å². The molecule has 4 N–H and O–H groups in total. The first-order valence-corrected chi connectivity index (χ1v) is 10.4. The number of thiophene rings is 1. The van der Waals surface area contributed by atoms with Crippen LogP contribution in [0.4, 0.5) is 5.82 Å². The minimum absolute atomic E-state index is 0. The Morgan fingerprint density at radius 1 is 1.28 bits per heavy atom. The minimum Gasteiger partial charge on any atom is -0.369 e. The molecule has 0 bridgehead atoms. The average molecular weight is 528 g/mol. The molecule has 7 nitrogen and oxygen atoms in total. The van der Waals surface area contributed by atoms with Crippen LogP contribution in [0.2, 0.25) is 0 Å². The third-order valence-electron chi connectivity index (χ3n) is 4.96.